The average molecular weight is 614 g/mol. The Labute approximate surface area is 276 Å². The molecule has 0 saturated carbocycles. The third-order valence-electron chi connectivity index (χ3n) is 10.1. The fourth-order valence-corrected chi connectivity index (χ4v) is 8.04. The lowest BCUT2D eigenvalue weighted by Gasteiger charge is -2.18. The van der Waals surface area contributed by atoms with Gasteiger partial charge in [-0.05, 0) is 43.1 Å². The molecule has 0 aliphatic carbocycles. The van der Waals surface area contributed by atoms with Crippen molar-refractivity contribution in [2.45, 2.75) is 0 Å². The van der Waals surface area contributed by atoms with Crippen molar-refractivity contribution in [1.82, 2.24) is 0 Å². The van der Waals surface area contributed by atoms with Crippen molar-refractivity contribution >= 4 is 89.8 Å². The summed E-state index contributed by atoms with van der Waals surface area (Å²) in [7, 11) is -1.29. The van der Waals surface area contributed by atoms with Crippen LogP contribution in [0.25, 0.3) is 64.6 Å². The van der Waals surface area contributed by atoms with Gasteiger partial charge in [-0.25, -0.2) is 0 Å². The Balaban J connectivity index is 1.13. The molecule has 6 heteroatoms. The van der Waals surface area contributed by atoms with E-state index in [9.17, 15) is 0 Å². The number of benzene rings is 9. The monoisotopic (exact) mass is 614 g/mol. The second kappa shape index (κ2) is 9.69. The van der Waals surface area contributed by atoms with Gasteiger partial charge in [0.25, 0.3) is 0 Å². The molecule has 0 saturated heterocycles. The Morgan fingerprint density at radius 1 is 0.229 bits per heavy atom. The summed E-state index contributed by atoms with van der Waals surface area (Å²) in [6.07, 6.45) is 0. The zero-order chi connectivity index (χ0) is 31.3. The second-order valence-electron chi connectivity index (χ2n) is 12.6. The highest BCUT2D eigenvalue weighted by atomic mass is 16.6. The van der Waals surface area contributed by atoms with Crippen LogP contribution in [0.4, 0.5) is 0 Å². The summed E-state index contributed by atoms with van der Waals surface area (Å²) >= 11 is 0. The predicted octanol–water partition coefficient (Wildman–Crippen LogP) is 8.94. The summed E-state index contributed by atoms with van der Waals surface area (Å²) in [4.78, 5) is 0. The molecule has 0 fully saturated rings. The summed E-state index contributed by atoms with van der Waals surface area (Å²) in [5.41, 5.74) is 1.97. The SMILES string of the molecule is c1ccc2c(B3Oc4c(c5ccccc5c5ccccc45)O3)c3ccccc3c(B3Oc4c(c5ccccc5c5ccccc45)O3)c2c1. The van der Waals surface area contributed by atoms with Gasteiger partial charge in [-0.3, -0.25) is 0 Å². The van der Waals surface area contributed by atoms with Crippen molar-refractivity contribution in [1.29, 1.82) is 0 Å². The minimum absolute atomic E-state index is 0.645. The van der Waals surface area contributed by atoms with E-state index in [1.54, 1.807) is 0 Å². The van der Waals surface area contributed by atoms with Crippen LogP contribution in [-0.2, 0) is 0 Å². The molecule has 0 atom stereocenters. The van der Waals surface area contributed by atoms with E-state index in [4.69, 9.17) is 18.6 Å². The molecule has 0 N–H and O–H groups in total. The lowest BCUT2D eigenvalue weighted by Crippen LogP contribution is -2.45. The lowest BCUT2D eigenvalue weighted by atomic mass is 9.66. The van der Waals surface area contributed by atoms with Crippen LogP contribution >= 0.6 is 0 Å². The third kappa shape index (κ3) is 3.46. The largest absolute Gasteiger partial charge is 0.634 e. The van der Waals surface area contributed by atoms with Gasteiger partial charge in [0.05, 0.1) is 0 Å². The highest BCUT2D eigenvalue weighted by molar-refractivity contribution is 6.75. The van der Waals surface area contributed by atoms with Crippen LogP contribution in [-0.4, -0.2) is 14.2 Å². The molecule has 0 radical (unpaired) electrons. The Kier molecular flexibility index (Phi) is 5.25. The molecule has 0 unspecified atom stereocenters. The molecular weight excluding hydrogens is 590 g/mol. The molecule has 2 aliphatic rings. The molecule has 48 heavy (non-hydrogen) atoms. The zero-order valence-electron chi connectivity index (χ0n) is 25.6. The minimum atomic E-state index is -0.645. The van der Waals surface area contributed by atoms with E-state index < -0.39 is 14.2 Å². The molecule has 9 aromatic rings. The van der Waals surface area contributed by atoms with E-state index in [1.165, 1.54) is 0 Å². The van der Waals surface area contributed by atoms with Crippen molar-refractivity contribution in [2.75, 3.05) is 0 Å². The van der Waals surface area contributed by atoms with Gasteiger partial charge in [-0.2, -0.15) is 0 Å². The van der Waals surface area contributed by atoms with Gasteiger partial charge in [-0.15, -0.1) is 0 Å². The predicted molar refractivity (Wildman–Crippen MR) is 198 cm³/mol. The van der Waals surface area contributed by atoms with Crippen molar-refractivity contribution < 1.29 is 18.6 Å². The first-order valence-electron chi connectivity index (χ1n) is 16.3. The van der Waals surface area contributed by atoms with Crippen LogP contribution in [0.15, 0.2) is 146 Å². The lowest BCUT2D eigenvalue weighted by molar-refractivity contribution is 0.521. The number of fused-ring (bicyclic) bond motifs is 14. The Morgan fingerprint density at radius 2 is 0.417 bits per heavy atom. The van der Waals surface area contributed by atoms with Crippen LogP contribution in [0.3, 0.4) is 0 Å². The van der Waals surface area contributed by atoms with Crippen LogP contribution in [0, 0.1) is 0 Å². The molecular formula is C42H24B2O4. The molecule has 4 nitrogen and oxygen atoms in total. The average Bonchev–Trinajstić information content (AvgIpc) is 3.80. The molecule has 11 rings (SSSR count). The normalized spacial score (nSPS) is 13.6. The summed E-state index contributed by atoms with van der Waals surface area (Å²) in [6.45, 7) is 0. The number of rotatable bonds is 2. The van der Waals surface area contributed by atoms with Gasteiger partial charge in [0.1, 0.15) is 0 Å². The number of hydrogen-bond acceptors (Lipinski definition) is 4. The fourth-order valence-electron chi connectivity index (χ4n) is 8.04. The van der Waals surface area contributed by atoms with Gasteiger partial charge < -0.3 is 18.6 Å². The molecule has 222 valence electrons. The highest BCUT2D eigenvalue weighted by Gasteiger charge is 2.43. The first kappa shape index (κ1) is 26.0. The van der Waals surface area contributed by atoms with E-state index in [-0.39, 0.29) is 0 Å². The molecule has 0 bridgehead atoms. The molecule has 0 aromatic heterocycles. The quantitative estimate of drug-likeness (QED) is 0.111. The van der Waals surface area contributed by atoms with Gasteiger partial charge in [-0.1, -0.05) is 146 Å². The summed E-state index contributed by atoms with van der Waals surface area (Å²) < 4.78 is 27.4. The van der Waals surface area contributed by atoms with Crippen LogP contribution < -0.4 is 29.5 Å². The Bertz CT molecular complexity index is 2450. The topological polar surface area (TPSA) is 36.9 Å². The second-order valence-corrected chi connectivity index (χ2v) is 12.6. The fraction of sp³-hybridized carbons (Fsp3) is 0. The van der Waals surface area contributed by atoms with Gasteiger partial charge in [0, 0.05) is 32.5 Å². The Hall–Kier alpha value is -6.13. The maximum absolute atomic E-state index is 6.86. The molecule has 2 aliphatic heterocycles. The molecule has 0 spiro atoms. The summed E-state index contributed by atoms with van der Waals surface area (Å²) in [5.74, 6) is 3.12. The van der Waals surface area contributed by atoms with Gasteiger partial charge >= 0.3 is 14.2 Å². The van der Waals surface area contributed by atoms with E-state index >= 15 is 0 Å². The standard InChI is InChI=1S/C42H24B2O4/c1-9-21-33-25(13-1)26-14-2-10-22-34(26)40-39(33)45-43(46-40)37-29-17-5-7-19-31(29)38(32-20-8-6-18-30(32)37)44-47-41-35-23-11-3-15-27(35)28-16-4-12-24-36(28)42(41)48-44/h1-24H. The highest BCUT2D eigenvalue weighted by Crippen LogP contribution is 2.49. The van der Waals surface area contributed by atoms with E-state index in [0.29, 0.717) is 0 Å². The van der Waals surface area contributed by atoms with Crippen LogP contribution in [0.2, 0.25) is 0 Å². The molecule has 0 amide bonds. The maximum atomic E-state index is 6.86. The van der Waals surface area contributed by atoms with E-state index in [1.807, 2.05) is 0 Å². The number of hydrogen-bond donors (Lipinski definition) is 0. The maximum Gasteiger partial charge on any atom is 0.634 e. The summed E-state index contributed by atoms with van der Waals surface area (Å²) in [6, 6.07) is 50.5. The van der Waals surface area contributed by atoms with Gasteiger partial charge in [0.15, 0.2) is 23.0 Å². The first-order valence-corrected chi connectivity index (χ1v) is 16.3. The zero-order valence-corrected chi connectivity index (χ0v) is 25.6. The minimum Gasteiger partial charge on any atom is -0.519 e. The smallest absolute Gasteiger partial charge is 0.519 e. The first-order chi connectivity index (χ1) is 23.8. The van der Waals surface area contributed by atoms with E-state index in [0.717, 1.165) is 98.6 Å². The molecule has 2 heterocycles. The third-order valence-corrected chi connectivity index (χ3v) is 10.1. The van der Waals surface area contributed by atoms with Crippen molar-refractivity contribution in [3.05, 3.63) is 146 Å². The Morgan fingerprint density at radius 3 is 0.646 bits per heavy atom. The summed E-state index contributed by atoms with van der Waals surface area (Å²) in [5, 5.41) is 12.9. The van der Waals surface area contributed by atoms with Crippen molar-refractivity contribution in [3.63, 3.8) is 0 Å². The van der Waals surface area contributed by atoms with Crippen LogP contribution in [0.5, 0.6) is 23.0 Å². The van der Waals surface area contributed by atoms with Crippen molar-refractivity contribution in [2.24, 2.45) is 0 Å². The van der Waals surface area contributed by atoms with Gasteiger partial charge in [0.2, 0.25) is 0 Å². The van der Waals surface area contributed by atoms with E-state index in [2.05, 4.69) is 146 Å². The van der Waals surface area contributed by atoms with Crippen molar-refractivity contribution in [3.8, 4) is 23.0 Å². The van der Waals surface area contributed by atoms with Crippen LogP contribution in [0.1, 0.15) is 0 Å². The molecule has 9 aromatic carbocycles.